The van der Waals surface area contributed by atoms with Crippen LogP contribution in [0.25, 0.3) is 0 Å². The number of carbonyl (C=O) groups excluding carboxylic acids is 2. The van der Waals surface area contributed by atoms with Crippen molar-refractivity contribution < 1.29 is 19.1 Å². The van der Waals surface area contributed by atoms with Crippen LogP contribution in [0.1, 0.15) is 12.0 Å². The molecule has 3 aromatic carbocycles. The van der Waals surface area contributed by atoms with E-state index in [9.17, 15) is 9.59 Å². The first-order valence-electron chi connectivity index (χ1n) is 10.4. The van der Waals surface area contributed by atoms with Crippen molar-refractivity contribution in [2.45, 2.75) is 11.3 Å². The Balaban J connectivity index is 1.35. The molecular weight excluding hydrogens is 474 g/mol. The van der Waals surface area contributed by atoms with Crippen LogP contribution in [0.15, 0.2) is 82.8 Å². The van der Waals surface area contributed by atoms with E-state index in [1.165, 1.54) is 0 Å². The number of hydrogen-bond donors (Lipinski definition) is 2. The van der Waals surface area contributed by atoms with E-state index in [4.69, 9.17) is 21.1 Å². The van der Waals surface area contributed by atoms with Crippen LogP contribution in [-0.4, -0.2) is 37.5 Å². The molecule has 34 heavy (non-hydrogen) atoms. The number of amides is 2. The third kappa shape index (κ3) is 8.80. The lowest BCUT2D eigenvalue weighted by molar-refractivity contribution is -0.120. The zero-order valence-electron chi connectivity index (χ0n) is 18.5. The summed E-state index contributed by atoms with van der Waals surface area (Å²) in [4.78, 5) is 25.0. The number of hydrogen-bond acceptors (Lipinski definition) is 6. The quantitative estimate of drug-likeness (QED) is 0.221. The van der Waals surface area contributed by atoms with Gasteiger partial charge >= 0.3 is 0 Å². The molecule has 0 aliphatic heterocycles. The molecule has 0 radical (unpaired) electrons. The Morgan fingerprint density at radius 3 is 2.29 bits per heavy atom. The second-order valence-corrected chi connectivity index (χ2v) is 8.58. The fraction of sp³-hybridized carbons (Fsp3) is 0.160. The van der Waals surface area contributed by atoms with E-state index >= 15 is 0 Å². The summed E-state index contributed by atoms with van der Waals surface area (Å²) in [7, 11) is 1.58. The summed E-state index contributed by atoms with van der Waals surface area (Å²) in [5.41, 5.74) is 3.96. The van der Waals surface area contributed by atoms with E-state index in [1.807, 2.05) is 24.3 Å². The summed E-state index contributed by atoms with van der Waals surface area (Å²) < 4.78 is 10.6. The van der Waals surface area contributed by atoms with Gasteiger partial charge in [0.05, 0.1) is 13.3 Å². The highest BCUT2D eigenvalue weighted by Gasteiger charge is 2.05. The summed E-state index contributed by atoms with van der Waals surface area (Å²) in [5.74, 6) is 1.46. The molecule has 9 heteroatoms. The molecule has 0 fully saturated rings. The molecule has 3 rings (SSSR count). The molecule has 0 heterocycles. The van der Waals surface area contributed by atoms with Gasteiger partial charge in [-0.25, -0.2) is 5.43 Å². The van der Waals surface area contributed by atoms with Gasteiger partial charge in [-0.2, -0.15) is 5.10 Å². The number of halogens is 1. The van der Waals surface area contributed by atoms with Gasteiger partial charge in [0.1, 0.15) is 11.5 Å². The van der Waals surface area contributed by atoms with E-state index < -0.39 is 0 Å². The molecule has 0 aliphatic carbocycles. The van der Waals surface area contributed by atoms with E-state index in [1.54, 1.807) is 73.6 Å². The highest BCUT2D eigenvalue weighted by atomic mass is 35.5. The third-order valence-electron chi connectivity index (χ3n) is 4.44. The predicted octanol–water partition coefficient (Wildman–Crippen LogP) is 5.00. The van der Waals surface area contributed by atoms with Gasteiger partial charge in [-0.15, -0.1) is 11.8 Å². The van der Waals surface area contributed by atoms with Crippen LogP contribution in [0.5, 0.6) is 11.5 Å². The molecular formula is C25H24ClN3O4S. The van der Waals surface area contributed by atoms with Crippen LogP contribution < -0.4 is 20.2 Å². The number of hydrazone groups is 1. The molecule has 0 aromatic heterocycles. The minimum Gasteiger partial charge on any atom is -0.497 e. The number of nitrogens with zero attached hydrogens (tertiary/aromatic N) is 1. The highest BCUT2D eigenvalue weighted by Crippen LogP contribution is 2.21. The molecule has 0 spiro atoms. The zero-order chi connectivity index (χ0) is 24.2. The van der Waals surface area contributed by atoms with Crippen LogP contribution in [0, 0.1) is 0 Å². The first kappa shape index (κ1) is 25.1. The van der Waals surface area contributed by atoms with Crippen molar-refractivity contribution in [3.05, 3.63) is 83.4 Å². The maximum absolute atomic E-state index is 12.0. The Bertz CT molecular complexity index is 1100. The summed E-state index contributed by atoms with van der Waals surface area (Å²) in [6.07, 6.45) is 1.89. The zero-order valence-corrected chi connectivity index (χ0v) is 20.1. The fourth-order valence-electron chi connectivity index (χ4n) is 2.70. The van der Waals surface area contributed by atoms with Gasteiger partial charge in [-0.1, -0.05) is 11.6 Å². The largest absolute Gasteiger partial charge is 0.497 e. The smallest absolute Gasteiger partial charge is 0.262 e. The minimum absolute atomic E-state index is 0.121. The van der Waals surface area contributed by atoms with Gasteiger partial charge < -0.3 is 14.8 Å². The lowest BCUT2D eigenvalue weighted by Crippen LogP contribution is -2.20. The van der Waals surface area contributed by atoms with Crippen molar-refractivity contribution in [1.82, 2.24) is 5.43 Å². The number of methoxy groups -OCH3 is 1. The van der Waals surface area contributed by atoms with Gasteiger partial charge in [0.2, 0.25) is 5.91 Å². The summed E-state index contributed by atoms with van der Waals surface area (Å²) in [5, 5.41) is 7.41. The summed E-state index contributed by atoms with van der Waals surface area (Å²) in [6, 6.07) is 21.5. The molecule has 0 aliphatic rings. The Kier molecular flexibility index (Phi) is 9.81. The van der Waals surface area contributed by atoms with Crippen LogP contribution in [0.2, 0.25) is 5.02 Å². The molecule has 2 amide bonds. The number of ether oxygens (including phenoxy) is 2. The Hall–Kier alpha value is -3.49. The molecule has 0 saturated heterocycles. The normalized spacial score (nSPS) is 10.6. The monoisotopic (exact) mass is 497 g/mol. The summed E-state index contributed by atoms with van der Waals surface area (Å²) >= 11 is 7.44. The highest BCUT2D eigenvalue weighted by molar-refractivity contribution is 7.99. The molecule has 0 atom stereocenters. The Labute approximate surface area is 207 Å². The number of nitrogens with one attached hydrogen (secondary N) is 2. The molecule has 0 bridgehead atoms. The minimum atomic E-state index is -0.271. The van der Waals surface area contributed by atoms with Crippen molar-refractivity contribution in [3.8, 4) is 11.5 Å². The van der Waals surface area contributed by atoms with Gasteiger partial charge in [0.15, 0.2) is 6.61 Å². The number of rotatable bonds is 11. The maximum atomic E-state index is 12.0. The van der Waals surface area contributed by atoms with Crippen molar-refractivity contribution in [1.29, 1.82) is 0 Å². The van der Waals surface area contributed by atoms with E-state index in [-0.39, 0.29) is 18.4 Å². The van der Waals surface area contributed by atoms with Crippen LogP contribution >= 0.6 is 23.4 Å². The number of benzene rings is 3. The second kappa shape index (κ2) is 13.3. The molecule has 0 unspecified atom stereocenters. The average Bonchev–Trinajstić information content (AvgIpc) is 2.85. The lowest BCUT2D eigenvalue weighted by atomic mass is 10.2. The standard InChI is InChI=1S/C25H24ClN3O4S/c1-32-21-10-6-20(7-11-21)28-25(31)17-33-22-8-2-18(3-9-22)16-27-29-24(30)14-15-34-23-12-4-19(26)5-13-23/h2-13,16H,14-15,17H2,1H3,(H,28,31)(H,29,30)/b27-16-. The van der Waals surface area contributed by atoms with Gasteiger partial charge in [-0.3, -0.25) is 9.59 Å². The first-order chi connectivity index (χ1) is 16.5. The maximum Gasteiger partial charge on any atom is 0.262 e. The molecule has 0 saturated carbocycles. The van der Waals surface area contributed by atoms with Crippen LogP contribution in [-0.2, 0) is 9.59 Å². The van der Waals surface area contributed by atoms with Gasteiger partial charge in [-0.05, 0) is 78.4 Å². The first-order valence-corrected chi connectivity index (χ1v) is 11.8. The molecule has 2 N–H and O–H groups in total. The van der Waals surface area contributed by atoms with E-state index in [0.717, 1.165) is 10.5 Å². The Morgan fingerprint density at radius 1 is 0.941 bits per heavy atom. The van der Waals surface area contributed by atoms with Crippen molar-refractivity contribution in [3.63, 3.8) is 0 Å². The number of anilines is 1. The number of thioether (sulfide) groups is 1. The van der Waals surface area contributed by atoms with E-state index in [2.05, 4.69) is 15.8 Å². The van der Waals surface area contributed by atoms with Crippen molar-refractivity contribution >= 4 is 47.1 Å². The number of carbonyl (C=O) groups is 2. The fourth-order valence-corrected chi connectivity index (χ4v) is 3.68. The Morgan fingerprint density at radius 2 is 1.62 bits per heavy atom. The molecule has 7 nitrogen and oxygen atoms in total. The lowest BCUT2D eigenvalue weighted by Gasteiger charge is -2.08. The molecule has 3 aromatic rings. The average molecular weight is 498 g/mol. The predicted molar refractivity (Wildman–Crippen MR) is 136 cm³/mol. The summed E-state index contributed by atoms with van der Waals surface area (Å²) in [6.45, 7) is -0.121. The van der Waals surface area contributed by atoms with Gasteiger partial charge in [0, 0.05) is 27.8 Å². The van der Waals surface area contributed by atoms with Crippen molar-refractivity contribution in [2.75, 3.05) is 24.8 Å². The topological polar surface area (TPSA) is 89.0 Å². The SMILES string of the molecule is COc1ccc(NC(=O)COc2ccc(/C=N\NC(=O)CCSc3ccc(Cl)cc3)cc2)cc1. The van der Waals surface area contributed by atoms with Crippen LogP contribution in [0.4, 0.5) is 5.69 Å². The van der Waals surface area contributed by atoms with Crippen molar-refractivity contribution in [2.24, 2.45) is 5.10 Å². The van der Waals surface area contributed by atoms with E-state index in [0.29, 0.717) is 34.4 Å². The second-order valence-electron chi connectivity index (χ2n) is 6.98. The van der Waals surface area contributed by atoms with Crippen LogP contribution in [0.3, 0.4) is 0 Å². The third-order valence-corrected chi connectivity index (χ3v) is 5.70. The van der Waals surface area contributed by atoms with Gasteiger partial charge in [0.25, 0.3) is 5.91 Å². The molecule has 176 valence electrons.